The lowest BCUT2D eigenvalue weighted by Gasteiger charge is -2.22. The van der Waals surface area contributed by atoms with Crippen LogP contribution in [0.25, 0.3) is 0 Å². The van der Waals surface area contributed by atoms with Crippen LogP contribution in [0.4, 0.5) is 5.69 Å². The van der Waals surface area contributed by atoms with E-state index in [0.717, 1.165) is 16.3 Å². The van der Waals surface area contributed by atoms with Gasteiger partial charge in [-0.3, -0.25) is 4.79 Å². The minimum atomic E-state index is -4.06. The molecular formula is C22H21NO4S. The largest absolute Gasteiger partial charge is 0.484 e. The van der Waals surface area contributed by atoms with Crippen molar-refractivity contribution in [1.82, 2.24) is 0 Å². The first-order chi connectivity index (χ1) is 13.5. The molecule has 0 aliphatic heterocycles. The van der Waals surface area contributed by atoms with Gasteiger partial charge < -0.3 is 4.74 Å². The minimum Gasteiger partial charge on any atom is -0.484 e. The van der Waals surface area contributed by atoms with Crippen molar-refractivity contribution in [2.24, 2.45) is 0 Å². The summed E-state index contributed by atoms with van der Waals surface area (Å²) in [5, 5.41) is 0. The molecule has 0 aliphatic rings. The van der Waals surface area contributed by atoms with Crippen molar-refractivity contribution in [3.63, 3.8) is 0 Å². The summed E-state index contributed by atoms with van der Waals surface area (Å²) in [7, 11) is -4.06. The van der Waals surface area contributed by atoms with Gasteiger partial charge in [-0.05, 0) is 48.4 Å². The molecule has 3 aromatic carbocycles. The zero-order valence-electron chi connectivity index (χ0n) is 15.5. The molecule has 0 N–H and O–H groups in total. The van der Waals surface area contributed by atoms with E-state index < -0.39 is 22.5 Å². The molecule has 0 bridgehead atoms. The topological polar surface area (TPSA) is 63.7 Å². The van der Waals surface area contributed by atoms with Gasteiger partial charge in [0.2, 0.25) is 0 Å². The number of para-hydroxylation sites is 1. The second kappa shape index (κ2) is 8.71. The maximum absolute atomic E-state index is 13.1. The maximum Gasteiger partial charge on any atom is 0.278 e. The molecule has 3 rings (SSSR count). The molecular weight excluding hydrogens is 374 g/mol. The van der Waals surface area contributed by atoms with Gasteiger partial charge in [-0.1, -0.05) is 55.5 Å². The number of benzene rings is 3. The molecule has 0 heterocycles. The quantitative estimate of drug-likeness (QED) is 0.605. The highest BCUT2D eigenvalue weighted by molar-refractivity contribution is 7.93. The van der Waals surface area contributed by atoms with Crippen LogP contribution < -0.4 is 9.04 Å². The first-order valence-electron chi connectivity index (χ1n) is 8.92. The Bertz CT molecular complexity index is 1020. The van der Waals surface area contributed by atoms with Gasteiger partial charge >= 0.3 is 0 Å². The molecule has 0 fully saturated rings. The number of anilines is 1. The summed E-state index contributed by atoms with van der Waals surface area (Å²) in [5.41, 5.74) is 1.41. The fraction of sp³-hybridized carbons (Fsp3) is 0.136. The summed E-state index contributed by atoms with van der Waals surface area (Å²) in [4.78, 5) is 12.9. The number of carbonyl (C=O) groups excluding carboxylic acids is 1. The summed E-state index contributed by atoms with van der Waals surface area (Å²) >= 11 is 0. The van der Waals surface area contributed by atoms with Crippen LogP contribution in [0.1, 0.15) is 12.5 Å². The first-order valence-corrected chi connectivity index (χ1v) is 10.4. The third kappa shape index (κ3) is 4.40. The van der Waals surface area contributed by atoms with Crippen molar-refractivity contribution < 1.29 is 17.9 Å². The van der Waals surface area contributed by atoms with E-state index in [1.165, 1.54) is 12.1 Å². The molecule has 0 aromatic heterocycles. The van der Waals surface area contributed by atoms with Crippen LogP contribution in [0.3, 0.4) is 0 Å². The van der Waals surface area contributed by atoms with E-state index in [1.54, 1.807) is 60.7 Å². The molecule has 5 nitrogen and oxygen atoms in total. The number of ether oxygens (including phenoxy) is 1. The van der Waals surface area contributed by atoms with Gasteiger partial charge in [-0.25, -0.2) is 8.42 Å². The van der Waals surface area contributed by atoms with Crippen LogP contribution in [0.15, 0.2) is 89.8 Å². The smallest absolute Gasteiger partial charge is 0.278 e. The fourth-order valence-electron chi connectivity index (χ4n) is 2.70. The van der Waals surface area contributed by atoms with Gasteiger partial charge in [-0.15, -0.1) is 0 Å². The molecule has 28 heavy (non-hydrogen) atoms. The Morgan fingerprint density at radius 3 is 2.00 bits per heavy atom. The number of carbonyl (C=O) groups is 1. The molecule has 6 heteroatoms. The lowest BCUT2D eigenvalue weighted by atomic mass is 10.2. The second-order valence-electron chi connectivity index (χ2n) is 6.10. The Balaban J connectivity index is 1.87. The van der Waals surface area contributed by atoms with E-state index in [9.17, 15) is 13.2 Å². The number of amides is 1. The maximum atomic E-state index is 13.1. The first kappa shape index (κ1) is 19.6. The summed E-state index contributed by atoms with van der Waals surface area (Å²) in [6, 6.07) is 23.5. The van der Waals surface area contributed by atoms with Gasteiger partial charge in [0.15, 0.2) is 6.61 Å². The van der Waals surface area contributed by atoms with Gasteiger partial charge in [0.1, 0.15) is 5.75 Å². The minimum absolute atomic E-state index is 0.0412. The Kier molecular flexibility index (Phi) is 6.11. The number of nitrogens with zero attached hydrogens (tertiary/aromatic N) is 1. The lowest BCUT2D eigenvalue weighted by molar-refractivity contribution is -0.119. The summed E-state index contributed by atoms with van der Waals surface area (Å²) < 4.78 is 32.6. The molecule has 0 atom stereocenters. The molecule has 0 radical (unpaired) electrons. The second-order valence-corrected chi connectivity index (χ2v) is 7.88. The summed E-state index contributed by atoms with van der Waals surface area (Å²) in [5.74, 6) is -0.162. The van der Waals surface area contributed by atoms with Crippen molar-refractivity contribution >= 4 is 21.6 Å². The third-order valence-corrected chi connectivity index (χ3v) is 5.96. The van der Waals surface area contributed by atoms with Crippen LogP contribution in [0, 0.1) is 0 Å². The number of aryl methyl sites for hydroxylation is 1. The van der Waals surface area contributed by atoms with Crippen LogP contribution in [-0.2, 0) is 21.2 Å². The number of sulfonamides is 1. The van der Waals surface area contributed by atoms with E-state index >= 15 is 0 Å². The van der Waals surface area contributed by atoms with E-state index in [4.69, 9.17) is 4.74 Å². The van der Waals surface area contributed by atoms with E-state index in [1.807, 2.05) is 19.1 Å². The van der Waals surface area contributed by atoms with E-state index in [0.29, 0.717) is 5.75 Å². The monoisotopic (exact) mass is 395 g/mol. The van der Waals surface area contributed by atoms with Crippen LogP contribution in [0.5, 0.6) is 5.75 Å². The zero-order chi connectivity index (χ0) is 20.0. The van der Waals surface area contributed by atoms with Gasteiger partial charge in [0.25, 0.3) is 15.9 Å². The highest BCUT2D eigenvalue weighted by atomic mass is 32.2. The Morgan fingerprint density at radius 1 is 0.857 bits per heavy atom. The fourth-order valence-corrected chi connectivity index (χ4v) is 4.14. The van der Waals surface area contributed by atoms with Crippen molar-refractivity contribution in [2.45, 2.75) is 18.2 Å². The van der Waals surface area contributed by atoms with Crippen molar-refractivity contribution in [1.29, 1.82) is 0 Å². The Labute approximate surface area is 165 Å². The van der Waals surface area contributed by atoms with Crippen molar-refractivity contribution in [3.05, 3.63) is 90.5 Å². The summed E-state index contributed by atoms with van der Waals surface area (Å²) in [6.45, 7) is 1.65. The third-order valence-electron chi connectivity index (χ3n) is 4.19. The molecule has 0 saturated carbocycles. The van der Waals surface area contributed by atoms with Crippen LogP contribution >= 0.6 is 0 Å². The SMILES string of the molecule is CCc1ccc(OCC(=O)N(c2ccccc2)S(=O)(=O)c2ccccc2)cc1. The normalized spacial score (nSPS) is 11.0. The lowest BCUT2D eigenvalue weighted by Crippen LogP contribution is -2.40. The van der Waals surface area contributed by atoms with Crippen LogP contribution in [-0.4, -0.2) is 20.9 Å². The van der Waals surface area contributed by atoms with E-state index in [-0.39, 0.29) is 10.6 Å². The Hall–Kier alpha value is -3.12. The zero-order valence-corrected chi connectivity index (χ0v) is 16.3. The van der Waals surface area contributed by atoms with Crippen molar-refractivity contribution in [3.8, 4) is 5.75 Å². The summed E-state index contributed by atoms with van der Waals surface area (Å²) in [6.07, 6.45) is 0.899. The molecule has 144 valence electrons. The van der Waals surface area contributed by atoms with Crippen molar-refractivity contribution in [2.75, 3.05) is 10.9 Å². The van der Waals surface area contributed by atoms with Gasteiger partial charge in [0, 0.05) is 0 Å². The van der Waals surface area contributed by atoms with Gasteiger partial charge in [-0.2, -0.15) is 4.31 Å². The average Bonchev–Trinajstić information content (AvgIpc) is 2.74. The highest BCUT2D eigenvalue weighted by Gasteiger charge is 2.31. The number of hydrogen-bond donors (Lipinski definition) is 0. The molecule has 3 aromatic rings. The van der Waals surface area contributed by atoms with E-state index in [2.05, 4.69) is 0 Å². The Morgan fingerprint density at radius 2 is 1.43 bits per heavy atom. The average molecular weight is 395 g/mol. The number of hydrogen-bond acceptors (Lipinski definition) is 4. The molecule has 1 amide bonds. The molecule has 0 saturated heterocycles. The van der Waals surface area contributed by atoms with Gasteiger partial charge in [0.05, 0.1) is 10.6 Å². The predicted molar refractivity (Wildman–Crippen MR) is 109 cm³/mol. The molecule has 0 unspecified atom stereocenters. The highest BCUT2D eigenvalue weighted by Crippen LogP contribution is 2.24. The molecule has 0 spiro atoms. The standard InChI is InChI=1S/C22H21NO4S/c1-2-18-13-15-20(16-14-18)27-17-22(24)23(19-9-5-3-6-10-19)28(25,26)21-11-7-4-8-12-21/h3-16H,2,17H2,1H3. The van der Waals surface area contributed by atoms with Crippen LogP contribution in [0.2, 0.25) is 0 Å². The predicted octanol–water partition coefficient (Wildman–Crippen LogP) is 4.05. The number of rotatable bonds is 7. The molecule has 0 aliphatic carbocycles.